The van der Waals surface area contributed by atoms with E-state index in [0.29, 0.717) is 17.9 Å². The lowest BCUT2D eigenvalue weighted by atomic mass is 10.1. The minimum atomic E-state index is 0.135. The fraction of sp³-hybridized carbons (Fsp3) is 0.462. The molecule has 0 unspecified atom stereocenters. The zero-order valence-corrected chi connectivity index (χ0v) is 10.9. The number of halogens is 1. The summed E-state index contributed by atoms with van der Waals surface area (Å²) in [4.78, 5) is 13.8. The number of rotatable bonds is 3. The van der Waals surface area contributed by atoms with Crippen LogP contribution in [0.3, 0.4) is 0 Å². The second-order valence-electron chi connectivity index (χ2n) is 4.40. The van der Waals surface area contributed by atoms with Gasteiger partial charge in [0.25, 0.3) is 0 Å². The van der Waals surface area contributed by atoms with Crippen molar-refractivity contribution in [3.8, 4) is 5.75 Å². The summed E-state index contributed by atoms with van der Waals surface area (Å²) in [6.07, 6.45) is 0.934. The number of phenolic OH excluding ortho intramolecular Hbond substituents is 1. The minimum Gasteiger partial charge on any atom is -0.508 e. The van der Waals surface area contributed by atoms with Crippen molar-refractivity contribution in [2.45, 2.75) is 12.8 Å². The van der Waals surface area contributed by atoms with Crippen LogP contribution >= 0.6 is 11.6 Å². The van der Waals surface area contributed by atoms with Gasteiger partial charge in [-0.05, 0) is 30.2 Å². The Balaban J connectivity index is 1.90. The third-order valence-corrected chi connectivity index (χ3v) is 3.35. The zero-order valence-electron chi connectivity index (χ0n) is 10.2. The van der Waals surface area contributed by atoms with Gasteiger partial charge in [-0.2, -0.15) is 0 Å². The molecule has 0 atom stereocenters. The average molecular weight is 269 g/mol. The molecule has 98 valence electrons. The van der Waals surface area contributed by atoms with E-state index in [1.165, 1.54) is 0 Å². The smallest absolute Gasteiger partial charge is 0.222 e. The number of nitrogens with one attached hydrogen (secondary N) is 1. The highest BCUT2D eigenvalue weighted by Gasteiger charge is 2.16. The van der Waals surface area contributed by atoms with Gasteiger partial charge in [0.2, 0.25) is 5.91 Å². The SMILES string of the molecule is O=C(CCc1cc(Cl)ccc1O)N1CCNCC1. The minimum absolute atomic E-state index is 0.135. The van der Waals surface area contributed by atoms with Crippen molar-refractivity contribution >= 4 is 17.5 Å². The van der Waals surface area contributed by atoms with E-state index < -0.39 is 0 Å². The summed E-state index contributed by atoms with van der Waals surface area (Å²) in [5.41, 5.74) is 0.728. The van der Waals surface area contributed by atoms with Crippen LogP contribution in [0, 0.1) is 0 Å². The molecule has 4 nitrogen and oxygen atoms in total. The lowest BCUT2D eigenvalue weighted by Crippen LogP contribution is -2.46. The van der Waals surface area contributed by atoms with E-state index in [1.54, 1.807) is 18.2 Å². The number of benzene rings is 1. The molecule has 5 heteroatoms. The van der Waals surface area contributed by atoms with E-state index in [1.807, 2.05) is 4.90 Å². The maximum Gasteiger partial charge on any atom is 0.222 e. The standard InChI is InChI=1S/C13H17ClN2O2/c14-11-2-3-12(17)10(9-11)1-4-13(18)16-7-5-15-6-8-16/h2-3,9,15,17H,1,4-8H2. The first kappa shape index (κ1) is 13.2. The quantitative estimate of drug-likeness (QED) is 0.872. The summed E-state index contributed by atoms with van der Waals surface area (Å²) in [5, 5.41) is 13.5. The van der Waals surface area contributed by atoms with E-state index in [4.69, 9.17) is 11.6 Å². The number of piperazine rings is 1. The van der Waals surface area contributed by atoms with Gasteiger partial charge >= 0.3 is 0 Å². The largest absolute Gasteiger partial charge is 0.508 e. The molecule has 0 aromatic heterocycles. The number of phenols is 1. The highest BCUT2D eigenvalue weighted by Crippen LogP contribution is 2.22. The van der Waals surface area contributed by atoms with Crippen LogP contribution in [0.5, 0.6) is 5.75 Å². The number of hydrogen-bond acceptors (Lipinski definition) is 3. The Morgan fingerprint density at radius 1 is 1.39 bits per heavy atom. The van der Waals surface area contributed by atoms with Crippen LogP contribution in [0.25, 0.3) is 0 Å². The summed E-state index contributed by atoms with van der Waals surface area (Å²) in [7, 11) is 0. The van der Waals surface area contributed by atoms with Crippen molar-refractivity contribution in [3.63, 3.8) is 0 Å². The molecule has 1 aromatic rings. The first-order chi connectivity index (χ1) is 8.66. The van der Waals surface area contributed by atoms with Crippen molar-refractivity contribution in [2.75, 3.05) is 26.2 Å². The fourth-order valence-corrected chi connectivity index (χ4v) is 2.26. The third kappa shape index (κ3) is 3.37. The number of aryl methyl sites for hydroxylation is 1. The molecule has 2 rings (SSSR count). The molecule has 1 saturated heterocycles. The number of aromatic hydroxyl groups is 1. The van der Waals surface area contributed by atoms with Crippen molar-refractivity contribution < 1.29 is 9.90 Å². The van der Waals surface area contributed by atoms with E-state index in [0.717, 1.165) is 31.7 Å². The van der Waals surface area contributed by atoms with Gasteiger partial charge in [0.15, 0.2) is 0 Å². The molecule has 1 aliphatic heterocycles. The second-order valence-corrected chi connectivity index (χ2v) is 4.84. The van der Waals surface area contributed by atoms with Crippen molar-refractivity contribution in [2.24, 2.45) is 0 Å². The molecule has 0 aliphatic carbocycles. The van der Waals surface area contributed by atoms with Crippen LogP contribution < -0.4 is 5.32 Å². The van der Waals surface area contributed by atoms with Gasteiger partial charge in [-0.15, -0.1) is 0 Å². The number of carbonyl (C=O) groups is 1. The zero-order chi connectivity index (χ0) is 13.0. The molecule has 2 N–H and O–H groups in total. The fourth-order valence-electron chi connectivity index (χ4n) is 2.07. The number of carbonyl (C=O) groups excluding carboxylic acids is 1. The van der Waals surface area contributed by atoms with Crippen LogP contribution in [0.4, 0.5) is 0 Å². The predicted molar refractivity (Wildman–Crippen MR) is 70.9 cm³/mol. The van der Waals surface area contributed by atoms with Crippen molar-refractivity contribution in [3.05, 3.63) is 28.8 Å². The third-order valence-electron chi connectivity index (χ3n) is 3.12. The van der Waals surface area contributed by atoms with Crippen LogP contribution in [-0.4, -0.2) is 42.1 Å². The monoisotopic (exact) mass is 268 g/mol. The molecule has 1 fully saturated rings. The van der Waals surface area contributed by atoms with E-state index >= 15 is 0 Å². The highest BCUT2D eigenvalue weighted by atomic mass is 35.5. The Hall–Kier alpha value is -1.26. The summed E-state index contributed by atoms with van der Waals surface area (Å²) >= 11 is 5.87. The Kier molecular flexibility index (Phi) is 4.44. The molecular weight excluding hydrogens is 252 g/mol. The lowest BCUT2D eigenvalue weighted by Gasteiger charge is -2.27. The molecule has 0 radical (unpaired) electrons. The Labute approximate surface area is 112 Å². The Morgan fingerprint density at radius 2 is 2.11 bits per heavy atom. The summed E-state index contributed by atoms with van der Waals surface area (Å²) in [6.45, 7) is 3.24. The van der Waals surface area contributed by atoms with Crippen LogP contribution in [0.2, 0.25) is 5.02 Å². The molecule has 1 aliphatic rings. The van der Waals surface area contributed by atoms with Gasteiger partial charge in [0, 0.05) is 37.6 Å². The molecule has 0 spiro atoms. The van der Waals surface area contributed by atoms with E-state index in [9.17, 15) is 9.90 Å². The van der Waals surface area contributed by atoms with Crippen molar-refractivity contribution in [1.29, 1.82) is 0 Å². The number of nitrogens with zero attached hydrogens (tertiary/aromatic N) is 1. The van der Waals surface area contributed by atoms with E-state index in [-0.39, 0.29) is 11.7 Å². The van der Waals surface area contributed by atoms with Crippen LogP contribution in [0.15, 0.2) is 18.2 Å². The molecular formula is C13H17ClN2O2. The summed E-state index contributed by atoms with van der Waals surface area (Å²) < 4.78 is 0. The van der Waals surface area contributed by atoms with Gasteiger partial charge in [-0.3, -0.25) is 4.79 Å². The molecule has 0 bridgehead atoms. The second kappa shape index (κ2) is 6.07. The predicted octanol–water partition coefficient (Wildman–Crippen LogP) is 1.41. The van der Waals surface area contributed by atoms with E-state index in [2.05, 4.69) is 5.32 Å². The van der Waals surface area contributed by atoms with Crippen molar-refractivity contribution in [1.82, 2.24) is 10.2 Å². The topological polar surface area (TPSA) is 52.6 Å². The first-order valence-corrected chi connectivity index (χ1v) is 6.50. The van der Waals surface area contributed by atoms with Gasteiger partial charge in [-0.1, -0.05) is 11.6 Å². The van der Waals surface area contributed by atoms with Crippen LogP contribution in [-0.2, 0) is 11.2 Å². The molecule has 1 aromatic carbocycles. The summed E-state index contributed by atoms with van der Waals surface area (Å²) in [6, 6.07) is 4.91. The van der Waals surface area contributed by atoms with Gasteiger partial charge in [0.1, 0.15) is 5.75 Å². The molecule has 0 saturated carbocycles. The lowest BCUT2D eigenvalue weighted by molar-refractivity contribution is -0.131. The maximum atomic E-state index is 12.0. The summed E-state index contributed by atoms with van der Waals surface area (Å²) in [5.74, 6) is 0.336. The molecule has 1 heterocycles. The Bertz CT molecular complexity index is 431. The number of amides is 1. The van der Waals surface area contributed by atoms with Crippen LogP contribution in [0.1, 0.15) is 12.0 Å². The highest BCUT2D eigenvalue weighted by molar-refractivity contribution is 6.30. The van der Waals surface area contributed by atoms with Gasteiger partial charge in [-0.25, -0.2) is 0 Å². The molecule has 18 heavy (non-hydrogen) atoms. The Morgan fingerprint density at radius 3 is 2.83 bits per heavy atom. The van der Waals surface area contributed by atoms with Gasteiger partial charge < -0.3 is 15.3 Å². The molecule has 1 amide bonds. The average Bonchev–Trinajstić information content (AvgIpc) is 2.40. The maximum absolute atomic E-state index is 12.0. The van der Waals surface area contributed by atoms with Gasteiger partial charge in [0.05, 0.1) is 0 Å². The first-order valence-electron chi connectivity index (χ1n) is 6.13. The number of hydrogen-bond donors (Lipinski definition) is 2. The normalized spacial score (nSPS) is 15.7.